The molecule has 0 aromatic carbocycles. The number of aliphatic hydroxyl groups excluding tert-OH is 1. The molecule has 0 aromatic rings. The monoisotopic (exact) mass is 214 g/mol. The van der Waals surface area contributed by atoms with Crippen LogP contribution in [0.1, 0.15) is 33.6 Å². The minimum atomic E-state index is -0.189. The molecule has 1 rings (SSSR count). The average molecular weight is 214 g/mol. The van der Waals surface area contributed by atoms with Crippen molar-refractivity contribution in [2.45, 2.75) is 51.8 Å². The first-order valence-corrected chi connectivity index (χ1v) is 6.10. The predicted octanol–water partition coefficient (Wildman–Crippen LogP) is 1.08. The number of hydrogen-bond donors (Lipinski definition) is 2. The molecule has 3 heteroatoms. The molecule has 1 aliphatic rings. The third kappa shape index (κ3) is 4.49. The van der Waals surface area contributed by atoms with Crippen LogP contribution in [0.5, 0.6) is 0 Å². The average Bonchev–Trinajstić information content (AvgIpc) is 2.42. The van der Waals surface area contributed by atoms with Crippen LogP contribution in [0.3, 0.4) is 0 Å². The SMILES string of the molecule is CC(C)CC(O)CNC1CC(C)N(C)C1. The largest absolute Gasteiger partial charge is 0.392 e. The molecule has 1 heterocycles. The molecule has 0 saturated carbocycles. The van der Waals surface area contributed by atoms with E-state index in [0.717, 1.165) is 19.5 Å². The molecule has 3 nitrogen and oxygen atoms in total. The van der Waals surface area contributed by atoms with Crippen LogP contribution in [0, 0.1) is 5.92 Å². The molecule has 1 saturated heterocycles. The maximum absolute atomic E-state index is 9.74. The Morgan fingerprint density at radius 2 is 2.13 bits per heavy atom. The summed E-state index contributed by atoms with van der Waals surface area (Å²) < 4.78 is 0. The highest BCUT2D eigenvalue weighted by molar-refractivity contribution is 4.85. The Bertz CT molecular complexity index is 174. The van der Waals surface area contributed by atoms with E-state index in [1.54, 1.807) is 0 Å². The van der Waals surface area contributed by atoms with E-state index in [1.165, 1.54) is 6.42 Å². The van der Waals surface area contributed by atoms with Crippen LogP contribution in [0.4, 0.5) is 0 Å². The van der Waals surface area contributed by atoms with Gasteiger partial charge in [-0.05, 0) is 32.7 Å². The summed E-state index contributed by atoms with van der Waals surface area (Å²) in [4.78, 5) is 2.37. The number of aliphatic hydroxyl groups is 1. The van der Waals surface area contributed by atoms with Crippen LogP contribution in [0.25, 0.3) is 0 Å². The lowest BCUT2D eigenvalue weighted by molar-refractivity contribution is 0.142. The Morgan fingerprint density at radius 1 is 1.47 bits per heavy atom. The molecule has 0 bridgehead atoms. The van der Waals surface area contributed by atoms with E-state index in [9.17, 15) is 5.11 Å². The third-order valence-corrected chi connectivity index (χ3v) is 3.27. The van der Waals surface area contributed by atoms with Crippen molar-refractivity contribution in [3.63, 3.8) is 0 Å². The van der Waals surface area contributed by atoms with E-state index in [0.29, 0.717) is 18.0 Å². The lowest BCUT2D eigenvalue weighted by Crippen LogP contribution is -2.37. The van der Waals surface area contributed by atoms with Gasteiger partial charge in [-0.15, -0.1) is 0 Å². The fourth-order valence-corrected chi connectivity index (χ4v) is 2.27. The molecule has 15 heavy (non-hydrogen) atoms. The van der Waals surface area contributed by atoms with Gasteiger partial charge in [0.2, 0.25) is 0 Å². The molecule has 3 atom stereocenters. The van der Waals surface area contributed by atoms with Crippen molar-refractivity contribution in [3.05, 3.63) is 0 Å². The van der Waals surface area contributed by atoms with Gasteiger partial charge in [0.25, 0.3) is 0 Å². The first-order chi connectivity index (χ1) is 6.99. The fourth-order valence-electron chi connectivity index (χ4n) is 2.27. The van der Waals surface area contributed by atoms with E-state index in [2.05, 4.69) is 38.0 Å². The van der Waals surface area contributed by atoms with E-state index < -0.39 is 0 Å². The van der Waals surface area contributed by atoms with Gasteiger partial charge in [-0.3, -0.25) is 0 Å². The van der Waals surface area contributed by atoms with Gasteiger partial charge in [-0.1, -0.05) is 13.8 Å². The van der Waals surface area contributed by atoms with Crippen LogP contribution in [0.15, 0.2) is 0 Å². The number of likely N-dealkylation sites (N-methyl/N-ethyl adjacent to an activating group) is 1. The van der Waals surface area contributed by atoms with Crippen LogP contribution in [-0.2, 0) is 0 Å². The molecular weight excluding hydrogens is 188 g/mol. The Balaban J connectivity index is 2.15. The maximum atomic E-state index is 9.74. The summed E-state index contributed by atoms with van der Waals surface area (Å²) >= 11 is 0. The lowest BCUT2D eigenvalue weighted by atomic mass is 10.1. The molecule has 0 aliphatic carbocycles. The van der Waals surface area contributed by atoms with Gasteiger partial charge in [-0.25, -0.2) is 0 Å². The van der Waals surface area contributed by atoms with Gasteiger partial charge in [0.15, 0.2) is 0 Å². The Labute approximate surface area is 93.9 Å². The van der Waals surface area contributed by atoms with Crippen LogP contribution in [0.2, 0.25) is 0 Å². The Kier molecular flexibility index (Phi) is 5.03. The van der Waals surface area contributed by atoms with Gasteiger partial charge in [0.05, 0.1) is 6.10 Å². The van der Waals surface area contributed by atoms with E-state index in [1.807, 2.05) is 0 Å². The summed E-state index contributed by atoms with van der Waals surface area (Å²) in [5, 5.41) is 13.2. The Hall–Kier alpha value is -0.120. The van der Waals surface area contributed by atoms with Crippen LogP contribution < -0.4 is 5.32 Å². The molecule has 0 amide bonds. The first-order valence-electron chi connectivity index (χ1n) is 6.10. The quantitative estimate of drug-likeness (QED) is 0.719. The summed E-state index contributed by atoms with van der Waals surface area (Å²) in [6.45, 7) is 8.40. The molecule has 0 spiro atoms. The highest BCUT2D eigenvalue weighted by Gasteiger charge is 2.25. The van der Waals surface area contributed by atoms with Crippen molar-refractivity contribution in [2.75, 3.05) is 20.1 Å². The summed E-state index contributed by atoms with van der Waals surface area (Å²) in [5.74, 6) is 0.576. The second kappa shape index (κ2) is 5.83. The van der Waals surface area contributed by atoms with Crippen molar-refractivity contribution in [2.24, 2.45) is 5.92 Å². The lowest BCUT2D eigenvalue weighted by Gasteiger charge is -2.17. The zero-order chi connectivity index (χ0) is 11.4. The highest BCUT2D eigenvalue weighted by Crippen LogP contribution is 2.14. The predicted molar refractivity (Wildman–Crippen MR) is 64.0 cm³/mol. The van der Waals surface area contributed by atoms with Gasteiger partial charge >= 0.3 is 0 Å². The van der Waals surface area contributed by atoms with Gasteiger partial charge in [0.1, 0.15) is 0 Å². The topological polar surface area (TPSA) is 35.5 Å². The molecule has 0 radical (unpaired) electrons. The number of likely N-dealkylation sites (tertiary alicyclic amines) is 1. The normalized spacial score (nSPS) is 30.0. The smallest absolute Gasteiger partial charge is 0.0667 e. The van der Waals surface area contributed by atoms with Crippen molar-refractivity contribution in [1.82, 2.24) is 10.2 Å². The fraction of sp³-hybridized carbons (Fsp3) is 1.00. The van der Waals surface area contributed by atoms with E-state index >= 15 is 0 Å². The molecule has 2 N–H and O–H groups in total. The van der Waals surface area contributed by atoms with Crippen molar-refractivity contribution in [1.29, 1.82) is 0 Å². The number of nitrogens with zero attached hydrogens (tertiary/aromatic N) is 1. The Morgan fingerprint density at radius 3 is 2.60 bits per heavy atom. The second-order valence-corrected chi connectivity index (χ2v) is 5.41. The van der Waals surface area contributed by atoms with E-state index in [-0.39, 0.29) is 6.10 Å². The van der Waals surface area contributed by atoms with Gasteiger partial charge in [0, 0.05) is 25.2 Å². The summed E-state index contributed by atoms with van der Waals surface area (Å²) in [6.07, 6.45) is 1.90. The molecular formula is C12H26N2O. The molecule has 0 aromatic heterocycles. The number of rotatable bonds is 5. The van der Waals surface area contributed by atoms with Crippen LogP contribution in [-0.4, -0.2) is 48.3 Å². The maximum Gasteiger partial charge on any atom is 0.0667 e. The first kappa shape index (κ1) is 12.9. The van der Waals surface area contributed by atoms with Gasteiger partial charge in [-0.2, -0.15) is 0 Å². The standard InChI is InChI=1S/C12H26N2O/c1-9(2)5-12(15)7-13-11-6-10(3)14(4)8-11/h9-13,15H,5-8H2,1-4H3. The highest BCUT2D eigenvalue weighted by atomic mass is 16.3. The minimum Gasteiger partial charge on any atom is -0.392 e. The number of nitrogens with one attached hydrogen (secondary N) is 1. The molecule has 90 valence electrons. The third-order valence-electron chi connectivity index (χ3n) is 3.27. The molecule has 1 aliphatic heterocycles. The summed E-state index contributed by atoms with van der Waals surface area (Å²) in [5.41, 5.74) is 0. The van der Waals surface area contributed by atoms with Crippen molar-refractivity contribution >= 4 is 0 Å². The zero-order valence-corrected chi connectivity index (χ0v) is 10.5. The summed E-state index contributed by atoms with van der Waals surface area (Å²) in [6, 6.07) is 1.23. The summed E-state index contributed by atoms with van der Waals surface area (Å²) in [7, 11) is 2.16. The second-order valence-electron chi connectivity index (χ2n) is 5.41. The minimum absolute atomic E-state index is 0.189. The molecule has 3 unspecified atom stereocenters. The van der Waals surface area contributed by atoms with Gasteiger partial charge < -0.3 is 15.3 Å². The molecule has 1 fully saturated rings. The number of hydrogen-bond acceptors (Lipinski definition) is 3. The van der Waals surface area contributed by atoms with Crippen molar-refractivity contribution in [3.8, 4) is 0 Å². The zero-order valence-electron chi connectivity index (χ0n) is 10.5. The van der Waals surface area contributed by atoms with E-state index in [4.69, 9.17) is 0 Å². The van der Waals surface area contributed by atoms with Crippen molar-refractivity contribution < 1.29 is 5.11 Å². The van der Waals surface area contributed by atoms with Crippen LogP contribution >= 0.6 is 0 Å².